The molecule has 1 N–H and O–H groups in total. The zero-order valence-corrected chi connectivity index (χ0v) is 12.3. The highest BCUT2D eigenvalue weighted by atomic mass is 16.5. The zero-order valence-electron chi connectivity index (χ0n) is 12.3. The number of fused-ring (bicyclic) bond motifs is 1. The standard InChI is InChI=1S/C16H20N2O3/c1-11-10-21-12(9-19)8-18(11)16-14-4-3-5-15(20-2)13(14)6-7-17-16/h3-7,11-12,19H,8-10H2,1-2H3. The van der Waals surface area contributed by atoms with Crippen LogP contribution >= 0.6 is 0 Å². The number of hydrogen-bond donors (Lipinski definition) is 1. The number of hydrogen-bond acceptors (Lipinski definition) is 5. The topological polar surface area (TPSA) is 54.8 Å². The Balaban J connectivity index is 2.07. The van der Waals surface area contributed by atoms with E-state index >= 15 is 0 Å². The van der Waals surface area contributed by atoms with Gasteiger partial charge in [0.05, 0.1) is 32.5 Å². The minimum atomic E-state index is -0.163. The predicted octanol–water partition coefficient (Wildman–Crippen LogP) is 1.83. The average molecular weight is 288 g/mol. The zero-order chi connectivity index (χ0) is 14.8. The van der Waals surface area contributed by atoms with E-state index in [2.05, 4.69) is 22.9 Å². The van der Waals surface area contributed by atoms with E-state index in [9.17, 15) is 5.11 Å². The van der Waals surface area contributed by atoms with Crippen LogP contribution in [0.25, 0.3) is 10.8 Å². The average Bonchev–Trinajstić information content (AvgIpc) is 2.54. The summed E-state index contributed by atoms with van der Waals surface area (Å²) in [6.45, 7) is 3.36. The molecule has 1 aromatic carbocycles. The van der Waals surface area contributed by atoms with Crippen molar-refractivity contribution in [2.45, 2.75) is 19.1 Å². The summed E-state index contributed by atoms with van der Waals surface area (Å²) in [7, 11) is 1.67. The third kappa shape index (κ3) is 2.54. The van der Waals surface area contributed by atoms with Gasteiger partial charge in [-0.2, -0.15) is 0 Å². The van der Waals surface area contributed by atoms with E-state index in [4.69, 9.17) is 9.47 Å². The summed E-state index contributed by atoms with van der Waals surface area (Å²) in [5.74, 6) is 1.76. The largest absolute Gasteiger partial charge is 0.496 e. The molecule has 1 fully saturated rings. The van der Waals surface area contributed by atoms with Gasteiger partial charge in [0.1, 0.15) is 11.6 Å². The Morgan fingerprint density at radius 1 is 1.38 bits per heavy atom. The molecule has 3 rings (SSSR count). The van der Waals surface area contributed by atoms with Gasteiger partial charge in [-0.3, -0.25) is 0 Å². The molecular formula is C16H20N2O3. The molecule has 1 aromatic heterocycles. The summed E-state index contributed by atoms with van der Waals surface area (Å²) >= 11 is 0. The number of morpholine rings is 1. The van der Waals surface area contributed by atoms with Crippen LogP contribution in [0.3, 0.4) is 0 Å². The van der Waals surface area contributed by atoms with E-state index in [-0.39, 0.29) is 18.8 Å². The lowest BCUT2D eigenvalue weighted by Crippen LogP contribution is -2.50. The fraction of sp³-hybridized carbons (Fsp3) is 0.438. The Morgan fingerprint density at radius 3 is 3.00 bits per heavy atom. The number of nitrogens with zero attached hydrogens (tertiary/aromatic N) is 2. The maximum atomic E-state index is 9.35. The molecule has 5 heteroatoms. The number of aromatic nitrogens is 1. The molecule has 0 radical (unpaired) electrons. The molecule has 21 heavy (non-hydrogen) atoms. The fourth-order valence-electron chi connectivity index (χ4n) is 2.79. The number of anilines is 1. The second-order valence-electron chi connectivity index (χ2n) is 5.33. The van der Waals surface area contributed by atoms with Crippen LogP contribution in [0.1, 0.15) is 6.92 Å². The summed E-state index contributed by atoms with van der Waals surface area (Å²) in [5, 5.41) is 11.4. The van der Waals surface area contributed by atoms with Gasteiger partial charge in [0.15, 0.2) is 0 Å². The highest BCUT2D eigenvalue weighted by Gasteiger charge is 2.27. The Labute approximate surface area is 124 Å². The summed E-state index contributed by atoms with van der Waals surface area (Å²) in [4.78, 5) is 6.76. The van der Waals surface area contributed by atoms with Crippen LogP contribution in [0, 0.1) is 0 Å². The molecule has 2 unspecified atom stereocenters. The first kappa shape index (κ1) is 14.1. The number of pyridine rings is 1. The van der Waals surface area contributed by atoms with Crippen LogP contribution in [0.4, 0.5) is 5.82 Å². The molecule has 2 aromatic rings. The predicted molar refractivity (Wildman–Crippen MR) is 81.9 cm³/mol. The monoisotopic (exact) mass is 288 g/mol. The number of rotatable bonds is 3. The van der Waals surface area contributed by atoms with Gasteiger partial charge in [-0.15, -0.1) is 0 Å². The summed E-state index contributed by atoms with van der Waals surface area (Å²) in [6, 6.07) is 8.16. The Kier molecular flexibility index (Phi) is 3.94. The SMILES string of the molecule is COc1cccc2c(N3CC(CO)OCC3C)nccc12. The van der Waals surface area contributed by atoms with Crippen molar-refractivity contribution in [1.82, 2.24) is 4.98 Å². The molecule has 0 spiro atoms. The van der Waals surface area contributed by atoms with Crippen LogP contribution in [-0.2, 0) is 4.74 Å². The van der Waals surface area contributed by atoms with Crippen molar-refractivity contribution >= 4 is 16.6 Å². The van der Waals surface area contributed by atoms with E-state index < -0.39 is 0 Å². The maximum Gasteiger partial charge on any atom is 0.136 e. The second kappa shape index (κ2) is 5.87. The van der Waals surface area contributed by atoms with Crippen LogP contribution in [0.15, 0.2) is 30.5 Å². The minimum absolute atomic E-state index is 0.0251. The molecule has 1 aliphatic rings. The summed E-state index contributed by atoms with van der Waals surface area (Å²) in [6.07, 6.45) is 1.64. The van der Waals surface area contributed by atoms with Crippen molar-refractivity contribution in [2.75, 3.05) is 31.8 Å². The molecule has 0 saturated carbocycles. The van der Waals surface area contributed by atoms with Crippen LogP contribution in [0.5, 0.6) is 5.75 Å². The van der Waals surface area contributed by atoms with E-state index in [1.165, 1.54) is 0 Å². The van der Waals surface area contributed by atoms with E-state index in [1.54, 1.807) is 13.3 Å². The number of ether oxygens (including phenoxy) is 2. The van der Waals surface area contributed by atoms with E-state index in [1.807, 2.05) is 18.2 Å². The van der Waals surface area contributed by atoms with Crippen LogP contribution in [0.2, 0.25) is 0 Å². The quantitative estimate of drug-likeness (QED) is 0.934. The molecule has 2 atom stereocenters. The third-order valence-electron chi connectivity index (χ3n) is 3.95. The second-order valence-corrected chi connectivity index (χ2v) is 5.33. The first-order valence-electron chi connectivity index (χ1n) is 7.15. The summed E-state index contributed by atoms with van der Waals surface area (Å²) < 4.78 is 11.0. The van der Waals surface area contributed by atoms with Gasteiger partial charge in [-0.1, -0.05) is 12.1 Å². The molecule has 0 bridgehead atoms. The Morgan fingerprint density at radius 2 is 2.24 bits per heavy atom. The van der Waals surface area contributed by atoms with E-state index in [0.29, 0.717) is 13.2 Å². The van der Waals surface area contributed by atoms with Gasteiger partial charge >= 0.3 is 0 Å². The molecule has 112 valence electrons. The summed E-state index contributed by atoms with van der Waals surface area (Å²) in [5.41, 5.74) is 0. The highest BCUT2D eigenvalue weighted by Crippen LogP contribution is 2.32. The maximum absolute atomic E-state index is 9.35. The molecule has 1 aliphatic heterocycles. The highest BCUT2D eigenvalue weighted by molar-refractivity contribution is 5.96. The van der Waals surface area contributed by atoms with Gasteiger partial charge in [0.25, 0.3) is 0 Å². The number of aliphatic hydroxyl groups is 1. The first-order valence-corrected chi connectivity index (χ1v) is 7.15. The lowest BCUT2D eigenvalue weighted by Gasteiger charge is -2.38. The van der Waals surface area contributed by atoms with Gasteiger partial charge in [0.2, 0.25) is 0 Å². The number of aliphatic hydroxyl groups excluding tert-OH is 1. The molecular weight excluding hydrogens is 268 g/mol. The third-order valence-corrected chi connectivity index (χ3v) is 3.95. The number of methoxy groups -OCH3 is 1. The van der Waals surface area contributed by atoms with E-state index in [0.717, 1.165) is 22.3 Å². The van der Waals surface area contributed by atoms with Crippen LogP contribution < -0.4 is 9.64 Å². The fourth-order valence-corrected chi connectivity index (χ4v) is 2.79. The lowest BCUT2D eigenvalue weighted by molar-refractivity contribution is -0.0104. The van der Waals surface area contributed by atoms with Gasteiger partial charge < -0.3 is 19.5 Å². The van der Waals surface area contributed by atoms with Crippen molar-refractivity contribution in [3.8, 4) is 5.75 Å². The number of benzene rings is 1. The first-order chi connectivity index (χ1) is 10.2. The van der Waals surface area contributed by atoms with Crippen molar-refractivity contribution < 1.29 is 14.6 Å². The smallest absolute Gasteiger partial charge is 0.136 e. The Bertz CT molecular complexity index is 632. The molecule has 2 heterocycles. The van der Waals surface area contributed by atoms with Gasteiger partial charge in [-0.25, -0.2) is 4.98 Å². The molecule has 5 nitrogen and oxygen atoms in total. The van der Waals surface area contributed by atoms with Crippen molar-refractivity contribution in [3.63, 3.8) is 0 Å². The molecule has 1 saturated heterocycles. The Hall–Kier alpha value is -1.85. The lowest BCUT2D eigenvalue weighted by atomic mass is 10.1. The minimum Gasteiger partial charge on any atom is -0.496 e. The van der Waals surface area contributed by atoms with Crippen molar-refractivity contribution in [3.05, 3.63) is 30.5 Å². The van der Waals surface area contributed by atoms with Gasteiger partial charge in [0, 0.05) is 23.5 Å². The van der Waals surface area contributed by atoms with Gasteiger partial charge in [-0.05, 0) is 19.1 Å². The molecule has 0 aliphatic carbocycles. The van der Waals surface area contributed by atoms with Crippen molar-refractivity contribution in [1.29, 1.82) is 0 Å². The van der Waals surface area contributed by atoms with Crippen molar-refractivity contribution in [2.24, 2.45) is 0 Å². The normalized spacial score (nSPS) is 22.5. The van der Waals surface area contributed by atoms with Crippen LogP contribution in [-0.4, -0.2) is 49.1 Å². The molecule has 0 amide bonds.